The fraction of sp³-hybridized carbons (Fsp3) is 0.267. The number of nitrogens with zero attached hydrogens (tertiary/aromatic N) is 1. The quantitative estimate of drug-likeness (QED) is 0.851. The summed E-state index contributed by atoms with van der Waals surface area (Å²) < 4.78 is 18.0. The van der Waals surface area contributed by atoms with Gasteiger partial charge in [-0.2, -0.15) is 0 Å². The molecule has 1 atom stereocenters. The Labute approximate surface area is 126 Å². The molecule has 1 aromatic carbocycles. The maximum absolute atomic E-state index is 12.9. The zero-order valence-electron chi connectivity index (χ0n) is 11.9. The molecular weight excluding hydrogens is 291 g/mol. The van der Waals surface area contributed by atoms with Crippen LogP contribution in [0.3, 0.4) is 0 Å². The molecule has 22 heavy (non-hydrogen) atoms. The van der Waals surface area contributed by atoms with Gasteiger partial charge in [-0.05, 0) is 17.7 Å². The lowest BCUT2D eigenvalue weighted by molar-refractivity contribution is -0.138. The third-order valence-corrected chi connectivity index (χ3v) is 3.21. The SMILES string of the molecule is CCc1ocnc1C(=O)NCC(C(=O)O)c1ccc(F)cc1. The largest absolute Gasteiger partial charge is 0.481 e. The van der Waals surface area contributed by atoms with Crippen molar-refractivity contribution in [1.82, 2.24) is 10.3 Å². The maximum Gasteiger partial charge on any atom is 0.312 e. The molecule has 0 fully saturated rings. The summed E-state index contributed by atoms with van der Waals surface area (Å²) >= 11 is 0. The van der Waals surface area contributed by atoms with E-state index in [4.69, 9.17) is 4.42 Å². The highest BCUT2D eigenvalue weighted by Crippen LogP contribution is 2.16. The van der Waals surface area contributed by atoms with Crippen LogP contribution in [0.2, 0.25) is 0 Å². The van der Waals surface area contributed by atoms with E-state index in [2.05, 4.69) is 10.3 Å². The molecule has 6 nitrogen and oxygen atoms in total. The topological polar surface area (TPSA) is 92.4 Å². The highest BCUT2D eigenvalue weighted by molar-refractivity contribution is 5.93. The van der Waals surface area contributed by atoms with Gasteiger partial charge in [-0.15, -0.1) is 0 Å². The van der Waals surface area contributed by atoms with E-state index < -0.39 is 23.6 Å². The predicted octanol–water partition coefficient (Wildman–Crippen LogP) is 1.97. The van der Waals surface area contributed by atoms with Crippen molar-refractivity contribution in [3.63, 3.8) is 0 Å². The molecule has 0 radical (unpaired) electrons. The monoisotopic (exact) mass is 306 g/mol. The van der Waals surface area contributed by atoms with Crippen LogP contribution in [-0.4, -0.2) is 28.5 Å². The van der Waals surface area contributed by atoms with Crippen LogP contribution in [0.1, 0.15) is 34.7 Å². The van der Waals surface area contributed by atoms with Crippen LogP contribution >= 0.6 is 0 Å². The fourth-order valence-electron chi connectivity index (χ4n) is 2.03. The minimum Gasteiger partial charge on any atom is -0.481 e. The summed E-state index contributed by atoms with van der Waals surface area (Å²) in [6.07, 6.45) is 1.67. The Bertz CT molecular complexity index is 666. The van der Waals surface area contributed by atoms with Gasteiger partial charge < -0.3 is 14.8 Å². The van der Waals surface area contributed by atoms with Crippen LogP contribution in [0.5, 0.6) is 0 Å². The highest BCUT2D eigenvalue weighted by atomic mass is 19.1. The van der Waals surface area contributed by atoms with Gasteiger partial charge in [-0.1, -0.05) is 19.1 Å². The number of halogens is 1. The zero-order chi connectivity index (χ0) is 16.1. The standard InChI is InChI=1S/C15H15FN2O4/c1-2-12-13(18-8-22-12)14(19)17-7-11(15(20)21)9-3-5-10(16)6-4-9/h3-6,8,11H,2,7H2,1H3,(H,17,19)(H,20,21). The number of hydrogen-bond donors (Lipinski definition) is 2. The van der Waals surface area contributed by atoms with Crippen LogP contribution in [0, 0.1) is 5.82 Å². The number of carbonyl (C=O) groups is 2. The average Bonchev–Trinajstić information content (AvgIpc) is 2.97. The van der Waals surface area contributed by atoms with Gasteiger partial charge in [0.2, 0.25) is 0 Å². The lowest BCUT2D eigenvalue weighted by atomic mass is 9.99. The van der Waals surface area contributed by atoms with Gasteiger partial charge in [0.05, 0.1) is 5.92 Å². The number of carboxylic acid groups (broad SMARTS) is 1. The molecule has 0 saturated heterocycles. The van der Waals surface area contributed by atoms with Gasteiger partial charge >= 0.3 is 5.97 Å². The summed E-state index contributed by atoms with van der Waals surface area (Å²) in [5.41, 5.74) is 0.552. The smallest absolute Gasteiger partial charge is 0.312 e. The number of oxazole rings is 1. The molecule has 0 aliphatic carbocycles. The van der Waals surface area contributed by atoms with Crippen molar-refractivity contribution in [2.24, 2.45) is 0 Å². The molecule has 116 valence electrons. The van der Waals surface area contributed by atoms with E-state index in [0.29, 0.717) is 17.7 Å². The van der Waals surface area contributed by atoms with Crippen LogP contribution in [0.15, 0.2) is 35.1 Å². The van der Waals surface area contributed by atoms with Crippen LogP contribution in [0.25, 0.3) is 0 Å². The van der Waals surface area contributed by atoms with Crippen molar-refractivity contribution < 1.29 is 23.5 Å². The Morgan fingerprint density at radius 3 is 2.64 bits per heavy atom. The van der Waals surface area contributed by atoms with E-state index >= 15 is 0 Å². The van der Waals surface area contributed by atoms with Crippen molar-refractivity contribution in [2.75, 3.05) is 6.54 Å². The first-order chi connectivity index (χ1) is 10.5. The number of nitrogens with one attached hydrogen (secondary N) is 1. The van der Waals surface area contributed by atoms with Crippen molar-refractivity contribution in [3.8, 4) is 0 Å². The molecule has 1 heterocycles. The second-order valence-corrected chi connectivity index (χ2v) is 4.63. The normalized spacial score (nSPS) is 11.9. The maximum atomic E-state index is 12.9. The van der Waals surface area contributed by atoms with Crippen LogP contribution in [0.4, 0.5) is 4.39 Å². The number of aryl methyl sites for hydroxylation is 1. The van der Waals surface area contributed by atoms with Gasteiger partial charge in [-0.25, -0.2) is 9.37 Å². The molecule has 0 saturated carbocycles. The molecule has 0 aliphatic rings. The van der Waals surface area contributed by atoms with Gasteiger partial charge in [0.15, 0.2) is 12.1 Å². The minimum atomic E-state index is -1.11. The van der Waals surface area contributed by atoms with E-state index in [1.807, 2.05) is 6.92 Å². The Hall–Kier alpha value is -2.70. The summed E-state index contributed by atoms with van der Waals surface area (Å²) in [6, 6.07) is 5.13. The molecule has 0 spiro atoms. The Morgan fingerprint density at radius 2 is 2.05 bits per heavy atom. The molecule has 2 N–H and O–H groups in total. The molecule has 2 rings (SSSR count). The molecule has 0 bridgehead atoms. The van der Waals surface area contributed by atoms with E-state index in [-0.39, 0.29) is 12.2 Å². The van der Waals surface area contributed by atoms with Crippen molar-refractivity contribution in [1.29, 1.82) is 0 Å². The summed E-state index contributed by atoms with van der Waals surface area (Å²) in [5.74, 6) is -2.60. The Morgan fingerprint density at radius 1 is 1.36 bits per heavy atom. The van der Waals surface area contributed by atoms with Crippen molar-refractivity contribution in [3.05, 3.63) is 53.5 Å². The summed E-state index contributed by atoms with van der Waals surface area (Å²) in [6.45, 7) is 1.69. The third kappa shape index (κ3) is 3.49. The second-order valence-electron chi connectivity index (χ2n) is 4.63. The molecule has 2 aromatic rings. The van der Waals surface area contributed by atoms with Gasteiger partial charge in [-0.3, -0.25) is 9.59 Å². The number of carboxylic acids is 1. The number of amides is 1. The number of rotatable bonds is 6. The zero-order valence-corrected chi connectivity index (χ0v) is 11.9. The number of benzene rings is 1. The number of aromatic nitrogens is 1. The lowest BCUT2D eigenvalue weighted by Gasteiger charge is -2.13. The van der Waals surface area contributed by atoms with E-state index in [1.54, 1.807) is 0 Å². The second kappa shape index (κ2) is 6.84. The van der Waals surface area contributed by atoms with E-state index in [0.717, 1.165) is 0 Å². The lowest BCUT2D eigenvalue weighted by Crippen LogP contribution is -2.32. The highest BCUT2D eigenvalue weighted by Gasteiger charge is 2.22. The molecule has 7 heteroatoms. The van der Waals surface area contributed by atoms with Crippen LogP contribution in [-0.2, 0) is 11.2 Å². The number of aliphatic carboxylic acids is 1. The summed E-state index contributed by atoms with van der Waals surface area (Å²) in [4.78, 5) is 27.2. The third-order valence-electron chi connectivity index (χ3n) is 3.21. The fourth-order valence-corrected chi connectivity index (χ4v) is 2.03. The van der Waals surface area contributed by atoms with E-state index in [1.165, 1.54) is 30.7 Å². The first-order valence-electron chi connectivity index (χ1n) is 6.71. The molecule has 1 amide bonds. The van der Waals surface area contributed by atoms with Crippen molar-refractivity contribution >= 4 is 11.9 Å². The Balaban J connectivity index is 2.08. The molecular formula is C15H15FN2O4. The Kier molecular flexibility index (Phi) is 4.88. The molecule has 1 unspecified atom stereocenters. The number of carbonyl (C=O) groups excluding carboxylic acids is 1. The predicted molar refractivity (Wildman–Crippen MR) is 75.0 cm³/mol. The first kappa shape index (κ1) is 15.7. The van der Waals surface area contributed by atoms with Crippen LogP contribution < -0.4 is 5.32 Å². The first-order valence-corrected chi connectivity index (χ1v) is 6.71. The minimum absolute atomic E-state index is 0.129. The summed E-state index contributed by atoms with van der Waals surface area (Å²) in [5, 5.41) is 11.8. The molecule has 0 aliphatic heterocycles. The van der Waals surface area contributed by atoms with Gasteiger partial charge in [0, 0.05) is 13.0 Å². The summed E-state index contributed by atoms with van der Waals surface area (Å²) in [7, 11) is 0. The number of hydrogen-bond acceptors (Lipinski definition) is 4. The average molecular weight is 306 g/mol. The van der Waals surface area contributed by atoms with Crippen molar-refractivity contribution in [2.45, 2.75) is 19.3 Å². The van der Waals surface area contributed by atoms with Gasteiger partial charge in [0.1, 0.15) is 11.6 Å². The van der Waals surface area contributed by atoms with Gasteiger partial charge in [0.25, 0.3) is 5.91 Å². The van der Waals surface area contributed by atoms with E-state index in [9.17, 15) is 19.1 Å². The molecule has 1 aromatic heterocycles.